The summed E-state index contributed by atoms with van der Waals surface area (Å²) in [6, 6.07) is 5.90. The van der Waals surface area contributed by atoms with E-state index in [2.05, 4.69) is 5.32 Å². The Labute approximate surface area is 152 Å². The molecule has 0 radical (unpaired) electrons. The van der Waals surface area contributed by atoms with Crippen LogP contribution in [0.5, 0.6) is 0 Å². The number of amides is 2. The maximum Gasteiger partial charge on any atom is 0.308 e. The zero-order chi connectivity index (χ0) is 18.7. The molecule has 1 saturated heterocycles. The Morgan fingerprint density at radius 2 is 1.88 bits per heavy atom. The molecule has 2 amide bonds. The van der Waals surface area contributed by atoms with Crippen molar-refractivity contribution in [1.82, 2.24) is 10.2 Å². The van der Waals surface area contributed by atoms with Gasteiger partial charge in [-0.25, -0.2) is 0 Å². The summed E-state index contributed by atoms with van der Waals surface area (Å²) in [5.41, 5.74) is 0.306. The van der Waals surface area contributed by atoms with Crippen LogP contribution in [0.3, 0.4) is 0 Å². The number of carbonyl (C=O) groups excluding carboxylic acids is 2. The van der Waals surface area contributed by atoms with Gasteiger partial charge in [-0.2, -0.15) is 0 Å². The Morgan fingerprint density at radius 1 is 1.24 bits per heavy atom. The van der Waals surface area contributed by atoms with Crippen molar-refractivity contribution in [3.63, 3.8) is 0 Å². The number of hydrogen-bond donors (Lipinski definition) is 2. The van der Waals surface area contributed by atoms with Gasteiger partial charge in [-0.1, -0.05) is 44.5 Å². The lowest BCUT2D eigenvalue weighted by Gasteiger charge is -2.27. The molecular formula is C18H23ClN2O4. The van der Waals surface area contributed by atoms with Crippen molar-refractivity contribution in [1.29, 1.82) is 0 Å². The van der Waals surface area contributed by atoms with Crippen LogP contribution < -0.4 is 5.32 Å². The number of carboxylic acids is 1. The molecule has 1 aromatic rings. The molecule has 2 N–H and O–H groups in total. The largest absolute Gasteiger partial charge is 0.481 e. The summed E-state index contributed by atoms with van der Waals surface area (Å²) in [4.78, 5) is 38.1. The van der Waals surface area contributed by atoms with E-state index < -0.39 is 23.8 Å². The number of nitrogens with one attached hydrogen (secondary N) is 1. The van der Waals surface area contributed by atoms with E-state index in [0.717, 1.165) is 0 Å². The molecular weight excluding hydrogens is 344 g/mol. The molecule has 1 heterocycles. The maximum atomic E-state index is 12.8. The molecule has 7 heteroatoms. The molecule has 3 atom stereocenters. The van der Waals surface area contributed by atoms with Crippen molar-refractivity contribution in [2.24, 2.45) is 17.8 Å². The zero-order valence-corrected chi connectivity index (χ0v) is 15.3. The summed E-state index contributed by atoms with van der Waals surface area (Å²) in [5, 5.41) is 12.3. The van der Waals surface area contributed by atoms with Gasteiger partial charge in [0.25, 0.3) is 5.91 Å². The molecule has 0 aliphatic carbocycles. The predicted molar refractivity (Wildman–Crippen MR) is 94.4 cm³/mol. The van der Waals surface area contributed by atoms with Crippen molar-refractivity contribution >= 4 is 29.4 Å². The monoisotopic (exact) mass is 366 g/mol. The number of rotatable bonds is 5. The van der Waals surface area contributed by atoms with E-state index in [1.165, 1.54) is 4.90 Å². The molecule has 0 aromatic heterocycles. The Kier molecular flexibility index (Phi) is 6.06. The fourth-order valence-electron chi connectivity index (χ4n) is 3.04. The van der Waals surface area contributed by atoms with Crippen molar-refractivity contribution in [3.8, 4) is 0 Å². The quantitative estimate of drug-likeness (QED) is 0.836. The van der Waals surface area contributed by atoms with Crippen LogP contribution in [-0.4, -0.2) is 46.9 Å². The number of carbonyl (C=O) groups is 3. The SMILES string of the molecule is CC(C)C(NC(=O)c1ccccc1Cl)C(=O)N1C[C@@H](C)[C@H](C(=O)O)C1. The summed E-state index contributed by atoms with van der Waals surface area (Å²) in [6.07, 6.45) is 0. The number of benzene rings is 1. The van der Waals surface area contributed by atoms with Crippen LogP contribution >= 0.6 is 11.6 Å². The number of nitrogens with zero attached hydrogens (tertiary/aromatic N) is 1. The smallest absolute Gasteiger partial charge is 0.308 e. The summed E-state index contributed by atoms with van der Waals surface area (Å²) >= 11 is 6.04. The summed E-state index contributed by atoms with van der Waals surface area (Å²) in [6.45, 7) is 6.04. The van der Waals surface area contributed by atoms with Crippen LogP contribution in [0.1, 0.15) is 31.1 Å². The van der Waals surface area contributed by atoms with Gasteiger partial charge in [0.05, 0.1) is 16.5 Å². The molecule has 1 unspecified atom stereocenters. The van der Waals surface area contributed by atoms with Gasteiger partial charge in [0.1, 0.15) is 6.04 Å². The van der Waals surface area contributed by atoms with Crippen LogP contribution in [0.4, 0.5) is 0 Å². The van der Waals surface area contributed by atoms with E-state index in [0.29, 0.717) is 17.1 Å². The second-order valence-corrected chi connectivity index (χ2v) is 7.25. The van der Waals surface area contributed by atoms with Crippen LogP contribution in [0.15, 0.2) is 24.3 Å². The maximum absolute atomic E-state index is 12.8. The van der Waals surface area contributed by atoms with E-state index in [9.17, 15) is 19.5 Å². The topological polar surface area (TPSA) is 86.7 Å². The lowest BCUT2D eigenvalue weighted by atomic mass is 9.99. The molecule has 2 rings (SSSR count). The van der Waals surface area contributed by atoms with Gasteiger partial charge in [-0.05, 0) is 24.0 Å². The minimum Gasteiger partial charge on any atom is -0.481 e. The molecule has 1 fully saturated rings. The first kappa shape index (κ1) is 19.2. The van der Waals surface area contributed by atoms with Gasteiger partial charge in [-0.3, -0.25) is 14.4 Å². The normalized spacial score (nSPS) is 21.2. The number of aliphatic carboxylic acids is 1. The Hall–Kier alpha value is -2.08. The molecule has 0 bridgehead atoms. The second-order valence-electron chi connectivity index (χ2n) is 6.84. The zero-order valence-electron chi connectivity index (χ0n) is 14.5. The number of halogens is 1. The van der Waals surface area contributed by atoms with Crippen molar-refractivity contribution in [2.75, 3.05) is 13.1 Å². The van der Waals surface area contributed by atoms with Crippen LogP contribution in [0.2, 0.25) is 5.02 Å². The average molecular weight is 367 g/mol. The van der Waals surface area contributed by atoms with E-state index in [-0.39, 0.29) is 24.3 Å². The van der Waals surface area contributed by atoms with Gasteiger partial charge < -0.3 is 15.3 Å². The van der Waals surface area contributed by atoms with Crippen molar-refractivity contribution < 1.29 is 19.5 Å². The van der Waals surface area contributed by atoms with Crippen LogP contribution in [-0.2, 0) is 9.59 Å². The molecule has 1 aliphatic heterocycles. The van der Waals surface area contributed by atoms with Crippen LogP contribution in [0, 0.1) is 17.8 Å². The summed E-state index contributed by atoms with van der Waals surface area (Å²) < 4.78 is 0. The van der Waals surface area contributed by atoms with Crippen molar-refractivity contribution in [3.05, 3.63) is 34.9 Å². The third kappa shape index (κ3) is 4.31. The molecule has 1 aromatic carbocycles. The van der Waals surface area contributed by atoms with Gasteiger partial charge in [0.2, 0.25) is 5.91 Å². The summed E-state index contributed by atoms with van der Waals surface area (Å²) in [5.74, 6) is -2.41. The first-order valence-electron chi connectivity index (χ1n) is 8.29. The number of likely N-dealkylation sites (tertiary alicyclic amines) is 1. The number of carboxylic acid groups (broad SMARTS) is 1. The Balaban J connectivity index is 2.13. The van der Waals surface area contributed by atoms with Gasteiger partial charge in [0, 0.05) is 13.1 Å². The van der Waals surface area contributed by atoms with E-state index in [4.69, 9.17) is 11.6 Å². The van der Waals surface area contributed by atoms with Crippen molar-refractivity contribution in [2.45, 2.75) is 26.8 Å². The molecule has 136 valence electrons. The molecule has 6 nitrogen and oxygen atoms in total. The van der Waals surface area contributed by atoms with Gasteiger partial charge in [-0.15, -0.1) is 0 Å². The third-order valence-corrected chi connectivity index (χ3v) is 4.91. The minimum atomic E-state index is -0.899. The highest BCUT2D eigenvalue weighted by molar-refractivity contribution is 6.33. The molecule has 25 heavy (non-hydrogen) atoms. The van der Waals surface area contributed by atoms with E-state index >= 15 is 0 Å². The predicted octanol–water partition coefficient (Wildman–Crippen LogP) is 2.27. The van der Waals surface area contributed by atoms with Gasteiger partial charge in [0.15, 0.2) is 0 Å². The van der Waals surface area contributed by atoms with Gasteiger partial charge >= 0.3 is 5.97 Å². The molecule has 0 spiro atoms. The lowest BCUT2D eigenvalue weighted by molar-refractivity contribution is -0.142. The fraction of sp³-hybridized carbons (Fsp3) is 0.500. The Morgan fingerprint density at radius 3 is 2.40 bits per heavy atom. The number of hydrogen-bond acceptors (Lipinski definition) is 3. The highest BCUT2D eigenvalue weighted by atomic mass is 35.5. The lowest BCUT2D eigenvalue weighted by Crippen LogP contribution is -2.50. The second kappa shape index (κ2) is 7.87. The minimum absolute atomic E-state index is 0.117. The average Bonchev–Trinajstić information content (AvgIpc) is 2.94. The Bertz CT molecular complexity index is 677. The first-order chi connectivity index (χ1) is 11.7. The van der Waals surface area contributed by atoms with E-state index in [1.807, 2.05) is 20.8 Å². The molecule has 0 saturated carbocycles. The highest BCUT2D eigenvalue weighted by Crippen LogP contribution is 2.25. The summed E-state index contributed by atoms with van der Waals surface area (Å²) in [7, 11) is 0. The standard InChI is InChI=1S/C18H23ClN2O4/c1-10(2)15(20-16(22)12-6-4-5-7-14(12)19)17(23)21-8-11(3)13(9-21)18(24)25/h4-7,10-11,13,15H,8-9H2,1-3H3,(H,20,22)(H,24,25)/t11-,13-,15?/m1/s1. The van der Waals surface area contributed by atoms with Crippen LogP contribution in [0.25, 0.3) is 0 Å². The first-order valence-corrected chi connectivity index (χ1v) is 8.67. The molecule has 1 aliphatic rings. The highest BCUT2D eigenvalue weighted by Gasteiger charge is 2.40. The van der Waals surface area contributed by atoms with E-state index in [1.54, 1.807) is 24.3 Å². The third-order valence-electron chi connectivity index (χ3n) is 4.58. The fourth-order valence-corrected chi connectivity index (χ4v) is 3.26.